The summed E-state index contributed by atoms with van der Waals surface area (Å²) in [6.45, 7) is 7.40. The van der Waals surface area contributed by atoms with Gasteiger partial charge >= 0.3 is 0 Å². The van der Waals surface area contributed by atoms with Crippen LogP contribution in [0.5, 0.6) is 0 Å². The molecular weight excluding hydrogens is 164 g/mol. The largest absolute Gasteiger partial charge is 0.381 e. The molecule has 0 unspecified atom stereocenters. The van der Waals surface area contributed by atoms with E-state index in [0.29, 0.717) is 6.10 Å². The van der Waals surface area contributed by atoms with Crippen LogP contribution < -0.4 is 0 Å². The molecule has 1 nitrogen and oxygen atoms in total. The van der Waals surface area contributed by atoms with Crippen molar-refractivity contribution in [1.29, 1.82) is 0 Å². The van der Waals surface area contributed by atoms with Crippen LogP contribution in [0.25, 0.3) is 0 Å². The van der Waals surface area contributed by atoms with Crippen LogP contribution in [0.3, 0.4) is 0 Å². The minimum absolute atomic E-state index is 0.574. The van der Waals surface area contributed by atoms with Crippen molar-refractivity contribution >= 4 is 8.07 Å². The topological polar surface area (TPSA) is 9.23 Å². The van der Waals surface area contributed by atoms with Gasteiger partial charge in [0.25, 0.3) is 0 Å². The third-order valence-corrected chi connectivity index (χ3v) is 6.00. The van der Waals surface area contributed by atoms with Crippen LogP contribution in [0.2, 0.25) is 25.2 Å². The number of ether oxygens (including phenoxy) is 1. The minimum Gasteiger partial charge on any atom is -0.381 e. The summed E-state index contributed by atoms with van der Waals surface area (Å²) in [6.07, 6.45) is 6.08. The summed E-state index contributed by atoms with van der Waals surface area (Å²) in [5.74, 6) is 0. The SMILES string of the molecule is CO[C@H]1CCCC[C@@H]1[Si](C)(C)C. The van der Waals surface area contributed by atoms with Crippen LogP contribution >= 0.6 is 0 Å². The summed E-state index contributed by atoms with van der Waals surface area (Å²) in [5.41, 5.74) is 0.899. The Kier molecular flexibility index (Phi) is 3.35. The van der Waals surface area contributed by atoms with Crippen molar-refractivity contribution in [2.75, 3.05) is 7.11 Å². The fraction of sp³-hybridized carbons (Fsp3) is 1.00. The normalized spacial score (nSPS) is 32.0. The van der Waals surface area contributed by atoms with Crippen LogP contribution in [0.4, 0.5) is 0 Å². The highest BCUT2D eigenvalue weighted by Crippen LogP contribution is 2.38. The Morgan fingerprint density at radius 3 is 2.08 bits per heavy atom. The zero-order valence-corrected chi connectivity index (χ0v) is 9.89. The Balaban J connectivity index is 2.59. The zero-order valence-electron chi connectivity index (χ0n) is 8.89. The fourth-order valence-corrected chi connectivity index (χ4v) is 4.86. The van der Waals surface area contributed by atoms with Gasteiger partial charge in [0, 0.05) is 7.11 Å². The van der Waals surface area contributed by atoms with E-state index in [-0.39, 0.29) is 0 Å². The molecule has 0 saturated heterocycles. The standard InChI is InChI=1S/C10H22OSi/c1-11-9-7-5-6-8-10(9)12(2,3)4/h9-10H,5-8H2,1-4H3/t9-,10-/m0/s1. The Hall–Kier alpha value is 0.177. The highest BCUT2D eigenvalue weighted by Gasteiger charge is 2.35. The van der Waals surface area contributed by atoms with Gasteiger partial charge in [0.2, 0.25) is 0 Å². The Bertz CT molecular complexity index is 139. The van der Waals surface area contributed by atoms with Crippen molar-refractivity contribution in [2.24, 2.45) is 0 Å². The molecule has 0 amide bonds. The summed E-state index contributed by atoms with van der Waals surface area (Å²) in [4.78, 5) is 0. The predicted molar refractivity (Wildman–Crippen MR) is 56.4 cm³/mol. The molecule has 2 heteroatoms. The van der Waals surface area contributed by atoms with Gasteiger partial charge in [0.05, 0.1) is 14.2 Å². The second-order valence-electron chi connectivity index (χ2n) is 5.03. The molecule has 1 rings (SSSR count). The second kappa shape index (κ2) is 3.92. The Morgan fingerprint density at radius 1 is 1.08 bits per heavy atom. The number of rotatable bonds is 2. The lowest BCUT2D eigenvalue weighted by molar-refractivity contribution is 0.0690. The molecule has 0 aromatic heterocycles. The molecule has 1 aliphatic carbocycles. The van der Waals surface area contributed by atoms with Crippen molar-refractivity contribution in [3.63, 3.8) is 0 Å². The van der Waals surface area contributed by atoms with Crippen LogP contribution in [-0.4, -0.2) is 21.3 Å². The predicted octanol–water partition coefficient (Wildman–Crippen LogP) is 3.28. The van der Waals surface area contributed by atoms with E-state index in [1.807, 2.05) is 7.11 Å². The molecule has 72 valence electrons. The summed E-state index contributed by atoms with van der Waals surface area (Å²) in [6, 6.07) is 0. The smallest absolute Gasteiger partial charge is 0.0575 e. The van der Waals surface area contributed by atoms with Gasteiger partial charge in [0.1, 0.15) is 0 Å². The van der Waals surface area contributed by atoms with Crippen LogP contribution in [0, 0.1) is 0 Å². The summed E-state index contributed by atoms with van der Waals surface area (Å²) in [7, 11) is 0.913. The molecule has 0 spiro atoms. The minimum atomic E-state index is -0.965. The molecule has 2 atom stereocenters. The quantitative estimate of drug-likeness (QED) is 0.601. The first kappa shape index (κ1) is 10.3. The van der Waals surface area contributed by atoms with Crippen LogP contribution in [0.1, 0.15) is 25.7 Å². The maximum atomic E-state index is 5.56. The van der Waals surface area contributed by atoms with E-state index in [0.717, 1.165) is 5.54 Å². The zero-order chi connectivity index (χ0) is 9.19. The second-order valence-corrected chi connectivity index (χ2v) is 10.5. The first-order chi connectivity index (χ1) is 5.55. The lowest BCUT2D eigenvalue weighted by Gasteiger charge is -2.38. The van der Waals surface area contributed by atoms with Crippen molar-refractivity contribution in [1.82, 2.24) is 0 Å². The van der Waals surface area contributed by atoms with Crippen LogP contribution in [0.15, 0.2) is 0 Å². The summed E-state index contributed by atoms with van der Waals surface area (Å²) >= 11 is 0. The number of hydrogen-bond acceptors (Lipinski definition) is 1. The van der Waals surface area contributed by atoms with Crippen molar-refractivity contribution in [2.45, 2.75) is 57.0 Å². The summed E-state index contributed by atoms with van der Waals surface area (Å²) in [5, 5.41) is 0. The molecule has 12 heavy (non-hydrogen) atoms. The molecule has 1 saturated carbocycles. The molecule has 0 heterocycles. The van der Waals surface area contributed by atoms with E-state index in [1.165, 1.54) is 25.7 Å². The van der Waals surface area contributed by atoms with E-state index < -0.39 is 8.07 Å². The van der Waals surface area contributed by atoms with Gasteiger partial charge in [-0.25, -0.2) is 0 Å². The van der Waals surface area contributed by atoms with Crippen molar-refractivity contribution in [3.8, 4) is 0 Å². The third kappa shape index (κ3) is 2.33. The molecule has 1 aliphatic rings. The highest BCUT2D eigenvalue weighted by atomic mass is 28.3. The van der Waals surface area contributed by atoms with E-state index in [1.54, 1.807) is 0 Å². The van der Waals surface area contributed by atoms with Gasteiger partial charge in [-0.05, 0) is 12.0 Å². The molecule has 0 radical (unpaired) electrons. The highest BCUT2D eigenvalue weighted by molar-refractivity contribution is 6.77. The Labute approximate surface area is 77.5 Å². The lowest BCUT2D eigenvalue weighted by Crippen LogP contribution is -2.39. The van der Waals surface area contributed by atoms with E-state index >= 15 is 0 Å². The fourth-order valence-electron chi connectivity index (χ4n) is 2.37. The number of hydrogen-bond donors (Lipinski definition) is 0. The number of methoxy groups -OCH3 is 1. The van der Waals surface area contributed by atoms with Gasteiger partial charge < -0.3 is 4.74 Å². The third-order valence-electron chi connectivity index (χ3n) is 3.12. The monoisotopic (exact) mass is 186 g/mol. The molecule has 0 bridgehead atoms. The summed E-state index contributed by atoms with van der Waals surface area (Å²) < 4.78 is 5.56. The molecule has 1 fully saturated rings. The van der Waals surface area contributed by atoms with Gasteiger partial charge in [0.15, 0.2) is 0 Å². The van der Waals surface area contributed by atoms with E-state index in [9.17, 15) is 0 Å². The maximum Gasteiger partial charge on any atom is 0.0575 e. The van der Waals surface area contributed by atoms with E-state index in [4.69, 9.17) is 4.74 Å². The van der Waals surface area contributed by atoms with E-state index in [2.05, 4.69) is 19.6 Å². The molecular formula is C10H22OSi. The first-order valence-corrected chi connectivity index (χ1v) is 8.66. The lowest BCUT2D eigenvalue weighted by atomic mass is 9.97. The van der Waals surface area contributed by atoms with Crippen LogP contribution in [-0.2, 0) is 4.74 Å². The van der Waals surface area contributed by atoms with Crippen molar-refractivity contribution in [3.05, 3.63) is 0 Å². The van der Waals surface area contributed by atoms with Gasteiger partial charge in [-0.3, -0.25) is 0 Å². The average Bonchev–Trinajstić information content (AvgIpc) is 2.03. The van der Waals surface area contributed by atoms with Crippen molar-refractivity contribution < 1.29 is 4.74 Å². The average molecular weight is 186 g/mol. The molecule has 0 aliphatic heterocycles. The molecule has 0 aromatic rings. The molecule has 0 aromatic carbocycles. The molecule has 0 N–H and O–H groups in total. The Morgan fingerprint density at radius 2 is 1.67 bits per heavy atom. The van der Waals surface area contributed by atoms with Gasteiger partial charge in [-0.1, -0.05) is 38.9 Å². The maximum absolute atomic E-state index is 5.56. The first-order valence-electron chi connectivity index (χ1n) is 5.08. The van der Waals surface area contributed by atoms with Gasteiger partial charge in [-0.15, -0.1) is 0 Å². The van der Waals surface area contributed by atoms with Gasteiger partial charge in [-0.2, -0.15) is 0 Å².